The van der Waals surface area contributed by atoms with Crippen molar-refractivity contribution in [3.05, 3.63) is 28.8 Å². The second-order valence-electron chi connectivity index (χ2n) is 6.87. The van der Waals surface area contributed by atoms with Crippen LogP contribution in [0.2, 0.25) is 0 Å². The summed E-state index contributed by atoms with van der Waals surface area (Å²) in [6.07, 6.45) is 5.80. The number of benzene rings is 1. The lowest BCUT2D eigenvalue weighted by Gasteiger charge is -2.25. The average Bonchev–Trinajstić information content (AvgIpc) is 2.61. The zero-order chi connectivity index (χ0) is 20.4. The van der Waals surface area contributed by atoms with Crippen molar-refractivity contribution >= 4 is 34.4 Å². The standard InChI is InChI=1S/C21H31NO4S/c1-5-6-7-8-9-10-20(26)27-14-18(23)22(13-19(24)25)21-16(3)12-11-15(2)17(21)4/h11-12H,5-10,13-14H2,1-4H3,(H,24,25). The summed E-state index contributed by atoms with van der Waals surface area (Å²) < 4.78 is 0. The van der Waals surface area contributed by atoms with Crippen molar-refractivity contribution in [1.82, 2.24) is 0 Å². The summed E-state index contributed by atoms with van der Waals surface area (Å²) in [6, 6.07) is 3.84. The Morgan fingerprint density at radius 2 is 1.63 bits per heavy atom. The van der Waals surface area contributed by atoms with Crippen LogP contribution >= 0.6 is 11.8 Å². The van der Waals surface area contributed by atoms with Crippen LogP contribution in [0.4, 0.5) is 5.69 Å². The van der Waals surface area contributed by atoms with E-state index in [2.05, 4.69) is 6.92 Å². The van der Waals surface area contributed by atoms with Gasteiger partial charge < -0.3 is 5.11 Å². The smallest absolute Gasteiger partial charge is 0.323 e. The maximum atomic E-state index is 12.7. The third-order valence-corrected chi connectivity index (χ3v) is 5.53. The van der Waals surface area contributed by atoms with Crippen molar-refractivity contribution in [3.8, 4) is 0 Å². The van der Waals surface area contributed by atoms with Crippen LogP contribution in [0.25, 0.3) is 0 Å². The summed E-state index contributed by atoms with van der Waals surface area (Å²) in [4.78, 5) is 37.3. The number of carbonyl (C=O) groups is 3. The molecule has 0 atom stereocenters. The number of aliphatic carboxylic acids is 1. The fraction of sp³-hybridized carbons (Fsp3) is 0.571. The molecule has 0 fully saturated rings. The zero-order valence-corrected chi connectivity index (χ0v) is 17.7. The monoisotopic (exact) mass is 393 g/mol. The van der Waals surface area contributed by atoms with Gasteiger partial charge in [-0.15, -0.1) is 0 Å². The van der Waals surface area contributed by atoms with Crippen molar-refractivity contribution in [2.45, 2.75) is 66.2 Å². The Balaban J connectivity index is 2.73. The van der Waals surface area contributed by atoms with E-state index in [4.69, 9.17) is 0 Å². The SMILES string of the molecule is CCCCCCCC(=O)SCC(=O)N(CC(=O)O)c1c(C)ccc(C)c1C. The number of hydrogen-bond donors (Lipinski definition) is 1. The van der Waals surface area contributed by atoms with E-state index < -0.39 is 12.5 Å². The maximum Gasteiger partial charge on any atom is 0.323 e. The molecular weight excluding hydrogens is 362 g/mol. The van der Waals surface area contributed by atoms with Gasteiger partial charge >= 0.3 is 5.97 Å². The highest BCUT2D eigenvalue weighted by Gasteiger charge is 2.23. The highest BCUT2D eigenvalue weighted by atomic mass is 32.2. The summed E-state index contributed by atoms with van der Waals surface area (Å²) in [6.45, 7) is 7.41. The Bertz CT molecular complexity index is 672. The average molecular weight is 394 g/mol. The second kappa shape index (κ2) is 11.8. The number of rotatable bonds is 11. The van der Waals surface area contributed by atoms with Gasteiger partial charge in [0.05, 0.1) is 11.4 Å². The number of anilines is 1. The molecule has 0 bridgehead atoms. The van der Waals surface area contributed by atoms with E-state index in [9.17, 15) is 19.5 Å². The Morgan fingerprint density at radius 3 is 2.26 bits per heavy atom. The first-order valence-electron chi connectivity index (χ1n) is 9.52. The molecule has 0 saturated carbocycles. The van der Waals surface area contributed by atoms with Crippen LogP contribution in [-0.2, 0) is 14.4 Å². The van der Waals surface area contributed by atoms with Gasteiger partial charge in [0, 0.05) is 6.42 Å². The molecule has 0 saturated heterocycles. The number of carboxylic acid groups (broad SMARTS) is 1. The minimum atomic E-state index is -1.07. The van der Waals surface area contributed by atoms with Crippen LogP contribution in [0, 0.1) is 20.8 Å². The van der Waals surface area contributed by atoms with Gasteiger partial charge in [-0.1, -0.05) is 56.5 Å². The number of aryl methyl sites for hydroxylation is 2. The predicted molar refractivity (Wildman–Crippen MR) is 111 cm³/mol. The van der Waals surface area contributed by atoms with E-state index in [1.165, 1.54) is 11.3 Å². The van der Waals surface area contributed by atoms with E-state index in [-0.39, 0.29) is 16.8 Å². The lowest BCUT2D eigenvalue weighted by Crippen LogP contribution is -2.38. The number of hydrogen-bond acceptors (Lipinski definition) is 4. The van der Waals surface area contributed by atoms with Crippen molar-refractivity contribution < 1.29 is 19.5 Å². The number of carboxylic acids is 1. The van der Waals surface area contributed by atoms with E-state index in [0.717, 1.165) is 54.1 Å². The Morgan fingerprint density at radius 1 is 1.00 bits per heavy atom. The van der Waals surface area contributed by atoms with Gasteiger partial charge in [-0.05, 0) is 43.9 Å². The van der Waals surface area contributed by atoms with E-state index >= 15 is 0 Å². The van der Waals surface area contributed by atoms with Crippen LogP contribution in [0.1, 0.15) is 62.1 Å². The molecule has 0 spiro atoms. The minimum Gasteiger partial charge on any atom is -0.480 e. The summed E-state index contributed by atoms with van der Waals surface area (Å²) in [5, 5.41) is 9.24. The van der Waals surface area contributed by atoms with Gasteiger partial charge in [0.1, 0.15) is 6.54 Å². The Hall–Kier alpha value is -1.82. The number of thioether (sulfide) groups is 1. The maximum absolute atomic E-state index is 12.7. The van der Waals surface area contributed by atoms with Gasteiger partial charge in [-0.3, -0.25) is 19.3 Å². The molecule has 0 heterocycles. The quantitative estimate of drug-likeness (QED) is 0.554. The van der Waals surface area contributed by atoms with E-state index in [1.54, 1.807) is 0 Å². The molecule has 5 nitrogen and oxygen atoms in total. The zero-order valence-electron chi connectivity index (χ0n) is 16.8. The minimum absolute atomic E-state index is 0.00666. The largest absolute Gasteiger partial charge is 0.480 e. The van der Waals surface area contributed by atoms with Crippen LogP contribution in [0.15, 0.2) is 12.1 Å². The van der Waals surface area contributed by atoms with Gasteiger partial charge in [0.2, 0.25) is 5.91 Å². The van der Waals surface area contributed by atoms with Crippen molar-refractivity contribution in [2.75, 3.05) is 17.2 Å². The molecule has 0 radical (unpaired) electrons. The first kappa shape index (κ1) is 23.2. The third-order valence-electron chi connectivity index (χ3n) is 4.61. The normalized spacial score (nSPS) is 10.7. The molecule has 1 amide bonds. The predicted octanol–water partition coefficient (Wildman–Crippen LogP) is 4.65. The van der Waals surface area contributed by atoms with Crippen molar-refractivity contribution in [2.24, 2.45) is 0 Å². The van der Waals surface area contributed by atoms with E-state index in [1.807, 2.05) is 32.9 Å². The molecule has 1 aromatic rings. The molecule has 0 aliphatic heterocycles. The highest BCUT2D eigenvalue weighted by molar-refractivity contribution is 8.14. The number of nitrogens with zero attached hydrogens (tertiary/aromatic N) is 1. The third kappa shape index (κ3) is 7.75. The number of unbranched alkanes of at least 4 members (excludes halogenated alkanes) is 4. The van der Waals surface area contributed by atoms with Crippen LogP contribution in [0.5, 0.6) is 0 Å². The molecule has 6 heteroatoms. The molecule has 27 heavy (non-hydrogen) atoms. The first-order chi connectivity index (χ1) is 12.8. The molecule has 0 aliphatic rings. The van der Waals surface area contributed by atoms with Crippen molar-refractivity contribution in [1.29, 1.82) is 0 Å². The topological polar surface area (TPSA) is 74.7 Å². The van der Waals surface area contributed by atoms with Crippen LogP contribution in [-0.4, -0.2) is 34.4 Å². The molecule has 150 valence electrons. The lowest BCUT2D eigenvalue weighted by atomic mass is 10.0. The van der Waals surface area contributed by atoms with Crippen LogP contribution in [0.3, 0.4) is 0 Å². The lowest BCUT2D eigenvalue weighted by molar-refractivity contribution is -0.136. The fourth-order valence-corrected chi connectivity index (χ4v) is 3.67. The van der Waals surface area contributed by atoms with E-state index in [0.29, 0.717) is 12.1 Å². The van der Waals surface area contributed by atoms with Gasteiger partial charge in [-0.2, -0.15) is 0 Å². The molecule has 0 aliphatic carbocycles. The molecule has 0 unspecified atom stereocenters. The summed E-state index contributed by atoms with van der Waals surface area (Å²) in [5.41, 5.74) is 3.36. The number of carbonyl (C=O) groups excluding carboxylic acids is 2. The molecule has 1 rings (SSSR count). The summed E-state index contributed by atoms with van der Waals surface area (Å²) in [7, 11) is 0. The van der Waals surface area contributed by atoms with Gasteiger partial charge in [0.15, 0.2) is 5.12 Å². The van der Waals surface area contributed by atoms with Gasteiger partial charge in [-0.25, -0.2) is 0 Å². The molecular formula is C21H31NO4S. The first-order valence-corrected chi connectivity index (χ1v) is 10.5. The fourth-order valence-electron chi connectivity index (χ4n) is 2.94. The van der Waals surface area contributed by atoms with Gasteiger partial charge in [0.25, 0.3) is 0 Å². The highest BCUT2D eigenvalue weighted by Crippen LogP contribution is 2.28. The second-order valence-corrected chi connectivity index (χ2v) is 7.90. The Labute approximate surface area is 166 Å². The Kier molecular flexibility index (Phi) is 10.1. The molecule has 1 N–H and O–H groups in total. The molecule has 1 aromatic carbocycles. The number of amides is 1. The van der Waals surface area contributed by atoms with Crippen LogP contribution < -0.4 is 4.90 Å². The summed E-state index contributed by atoms with van der Waals surface area (Å²) in [5.74, 6) is -1.46. The summed E-state index contributed by atoms with van der Waals surface area (Å²) >= 11 is 0.991. The molecule has 0 aromatic heterocycles. The van der Waals surface area contributed by atoms with Crippen molar-refractivity contribution in [3.63, 3.8) is 0 Å².